The fourth-order valence-electron chi connectivity index (χ4n) is 3.91. The van der Waals surface area contributed by atoms with E-state index in [0.29, 0.717) is 34.3 Å². The molecule has 0 bridgehead atoms. The summed E-state index contributed by atoms with van der Waals surface area (Å²) in [5.74, 6) is 0.638. The molecule has 36 heavy (non-hydrogen) atoms. The van der Waals surface area contributed by atoms with Crippen LogP contribution in [0.5, 0.6) is 0 Å². The molecule has 0 aliphatic heterocycles. The Morgan fingerprint density at radius 3 is 2.28 bits per heavy atom. The van der Waals surface area contributed by atoms with Gasteiger partial charge in [-0.05, 0) is 36.6 Å². The predicted octanol–water partition coefficient (Wildman–Crippen LogP) is 6.70. The van der Waals surface area contributed by atoms with E-state index in [1.54, 1.807) is 23.1 Å². The summed E-state index contributed by atoms with van der Waals surface area (Å²) in [5.41, 5.74) is 3.96. The third-order valence-electron chi connectivity index (χ3n) is 5.79. The Morgan fingerprint density at radius 2 is 1.61 bits per heavy atom. The molecule has 0 saturated heterocycles. The van der Waals surface area contributed by atoms with Gasteiger partial charge in [-0.1, -0.05) is 96.4 Å². The zero-order valence-corrected chi connectivity index (χ0v) is 23.0. The van der Waals surface area contributed by atoms with Crippen molar-refractivity contribution in [2.75, 3.05) is 12.3 Å². The van der Waals surface area contributed by atoms with Gasteiger partial charge in [-0.3, -0.25) is 9.59 Å². The lowest BCUT2D eigenvalue weighted by Gasteiger charge is -2.32. The van der Waals surface area contributed by atoms with Gasteiger partial charge in [0, 0.05) is 40.9 Å². The second-order valence-electron chi connectivity index (χ2n) is 8.70. The Kier molecular flexibility index (Phi) is 11.2. The first-order valence-electron chi connectivity index (χ1n) is 12.1. The number of carbonyl (C=O) groups is 2. The number of nitrogens with zero attached hydrogens (tertiary/aromatic N) is 1. The van der Waals surface area contributed by atoms with E-state index in [1.165, 1.54) is 17.3 Å². The van der Waals surface area contributed by atoms with Crippen molar-refractivity contribution in [2.45, 2.75) is 45.0 Å². The van der Waals surface area contributed by atoms with E-state index in [-0.39, 0.29) is 24.1 Å². The molecule has 3 aromatic rings. The Bertz CT molecular complexity index is 1140. The number of benzene rings is 3. The quantitative estimate of drug-likeness (QED) is 0.277. The van der Waals surface area contributed by atoms with Gasteiger partial charge in [0.1, 0.15) is 6.04 Å². The van der Waals surface area contributed by atoms with Crippen LogP contribution in [0.25, 0.3) is 0 Å². The average Bonchev–Trinajstić information content (AvgIpc) is 2.86. The molecule has 1 N–H and O–H groups in total. The number of carbonyl (C=O) groups excluding carboxylic acids is 2. The number of amides is 2. The van der Waals surface area contributed by atoms with E-state index >= 15 is 0 Å². The second-order valence-corrected chi connectivity index (χ2v) is 10.5. The van der Waals surface area contributed by atoms with Crippen LogP contribution in [0.1, 0.15) is 35.6 Å². The van der Waals surface area contributed by atoms with Crippen molar-refractivity contribution in [3.63, 3.8) is 0 Å². The first kappa shape index (κ1) is 28.1. The second kappa shape index (κ2) is 14.3. The lowest BCUT2D eigenvalue weighted by Crippen LogP contribution is -2.51. The molecule has 0 fully saturated rings. The highest BCUT2D eigenvalue weighted by molar-refractivity contribution is 7.99. The summed E-state index contributed by atoms with van der Waals surface area (Å²) < 4.78 is 0. The monoisotopic (exact) mass is 542 g/mol. The molecule has 2 amide bonds. The van der Waals surface area contributed by atoms with Crippen LogP contribution in [0.3, 0.4) is 0 Å². The van der Waals surface area contributed by atoms with E-state index in [2.05, 4.69) is 30.4 Å². The minimum atomic E-state index is -0.696. The highest BCUT2D eigenvalue weighted by Gasteiger charge is 2.31. The molecule has 0 aliphatic rings. The van der Waals surface area contributed by atoms with Gasteiger partial charge in [0.15, 0.2) is 0 Å². The van der Waals surface area contributed by atoms with Crippen molar-refractivity contribution in [3.8, 4) is 0 Å². The predicted molar refractivity (Wildman–Crippen MR) is 152 cm³/mol. The topological polar surface area (TPSA) is 49.4 Å². The smallest absolute Gasteiger partial charge is 0.243 e. The van der Waals surface area contributed by atoms with Crippen LogP contribution in [0.15, 0.2) is 72.8 Å². The number of halogens is 2. The van der Waals surface area contributed by atoms with Gasteiger partial charge >= 0.3 is 0 Å². The fourth-order valence-corrected chi connectivity index (χ4v) is 5.29. The Labute approximate surface area is 228 Å². The number of thioether (sulfide) groups is 1. The first-order chi connectivity index (χ1) is 17.4. The summed E-state index contributed by atoms with van der Waals surface area (Å²) in [5, 5.41) is 3.93. The van der Waals surface area contributed by atoms with Gasteiger partial charge < -0.3 is 10.2 Å². The standard InChI is InChI=1S/C29H32Cl2N2O2S/c1-3-15-32-29(35)27(17-22-10-5-4-6-11-22)33(18-24-25(30)13-8-14-26(24)31)28(34)20-36-19-23-12-7-9-21(2)16-23/h4-14,16,27H,3,15,17-20H2,1-2H3,(H,32,35). The largest absolute Gasteiger partial charge is 0.354 e. The van der Waals surface area contributed by atoms with Crippen molar-refractivity contribution in [1.82, 2.24) is 10.2 Å². The maximum atomic E-state index is 13.7. The molecule has 4 nitrogen and oxygen atoms in total. The molecule has 1 atom stereocenters. The van der Waals surface area contributed by atoms with E-state index in [0.717, 1.165) is 17.5 Å². The number of aryl methyl sites for hydroxylation is 1. The van der Waals surface area contributed by atoms with Crippen molar-refractivity contribution < 1.29 is 9.59 Å². The zero-order chi connectivity index (χ0) is 25.9. The summed E-state index contributed by atoms with van der Waals surface area (Å²) in [6.45, 7) is 4.75. The van der Waals surface area contributed by atoms with Crippen LogP contribution in [0.2, 0.25) is 10.0 Å². The highest BCUT2D eigenvalue weighted by Crippen LogP contribution is 2.28. The number of hydrogen-bond acceptors (Lipinski definition) is 3. The number of rotatable bonds is 12. The maximum absolute atomic E-state index is 13.7. The van der Waals surface area contributed by atoms with Gasteiger partial charge in [-0.2, -0.15) is 0 Å². The molecule has 0 aromatic heterocycles. The molecular weight excluding hydrogens is 511 g/mol. The lowest BCUT2D eigenvalue weighted by molar-refractivity contribution is -0.139. The average molecular weight is 544 g/mol. The minimum Gasteiger partial charge on any atom is -0.354 e. The fraction of sp³-hybridized carbons (Fsp3) is 0.310. The highest BCUT2D eigenvalue weighted by atomic mass is 35.5. The molecule has 0 radical (unpaired) electrons. The molecule has 190 valence electrons. The molecular formula is C29H32Cl2N2O2S. The van der Waals surface area contributed by atoms with Crippen molar-refractivity contribution in [1.29, 1.82) is 0 Å². The van der Waals surface area contributed by atoms with Gasteiger partial charge in [-0.25, -0.2) is 0 Å². The Balaban J connectivity index is 1.88. The van der Waals surface area contributed by atoms with Crippen molar-refractivity contribution in [3.05, 3.63) is 105 Å². The Morgan fingerprint density at radius 1 is 0.944 bits per heavy atom. The van der Waals surface area contributed by atoms with E-state index in [4.69, 9.17) is 23.2 Å². The van der Waals surface area contributed by atoms with Crippen molar-refractivity contribution >= 4 is 46.8 Å². The van der Waals surface area contributed by atoms with Crippen LogP contribution in [0, 0.1) is 6.92 Å². The van der Waals surface area contributed by atoms with E-state index < -0.39 is 6.04 Å². The molecule has 0 saturated carbocycles. The molecule has 3 rings (SSSR count). The minimum absolute atomic E-state index is 0.129. The molecule has 7 heteroatoms. The maximum Gasteiger partial charge on any atom is 0.243 e. The van der Waals surface area contributed by atoms with Crippen LogP contribution < -0.4 is 5.32 Å². The van der Waals surface area contributed by atoms with Gasteiger partial charge in [-0.15, -0.1) is 11.8 Å². The van der Waals surface area contributed by atoms with Crippen molar-refractivity contribution in [2.24, 2.45) is 0 Å². The summed E-state index contributed by atoms with van der Waals surface area (Å²) in [7, 11) is 0. The summed E-state index contributed by atoms with van der Waals surface area (Å²) >= 11 is 14.5. The zero-order valence-electron chi connectivity index (χ0n) is 20.7. The van der Waals surface area contributed by atoms with Crippen LogP contribution in [0.4, 0.5) is 0 Å². The summed E-state index contributed by atoms with van der Waals surface area (Å²) in [6, 6.07) is 22.6. The summed E-state index contributed by atoms with van der Waals surface area (Å²) in [4.78, 5) is 28.7. The van der Waals surface area contributed by atoms with Crippen LogP contribution >= 0.6 is 35.0 Å². The number of hydrogen-bond donors (Lipinski definition) is 1. The first-order valence-corrected chi connectivity index (χ1v) is 14.0. The van der Waals surface area contributed by atoms with Gasteiger partial charge in [0.25, 0.3) is 0 Å². The normalized spacial score (nSPS) is 11.7. The van der Waals surface area contributed by atoms with Crippen LogP contribution in [-0.4, -0.2) is 35.1 Å². The van der Waals surface area contributed by atoms with Gasteiger partial charge in [0.05, 0.1) is 5.75 Å². The third-order valence-corrected chi connectivity index (χ3v) is 7.48. The van der Waals surface area contributed by atoms with Crippen LogP contribution in [-0.2, 0) is 28.3 Å². The summed E-state index contributed by atoms with van der Waals surface area (Å²) in [6.07, 6.45) is 1.20. The SMILES string of the molecule is CCCNC(=O)C(Cc1ccccc1)N(Cc1c(Cl)cccc1Cl)C(=O)CSCc1cccc(C)c1. The lowest BCUT2D eigenvalue weighted by atomic mass is 10.0. The molecule has 1 unspecified atom stereocenters. The molecule has 3 aromatic carbocycles. The molecule has 0 aliphatic carbocycles. The van der Waals surface area contributed by atoms with E-state index in [9.17, 15) is 9.59 Å². The third kappa shape index (κ3) is 8.29. The van der Waals surface area contributed by atoms with Gasteiger partial charge in [0.2, 0.25) is 11.8 Å². The number of nitrogens with one attached hydrogen (secondary N) is 1. The molecule has 0 spiro atoms. The Hall–Kier alpha value is -2.47. The molecule has 0 heterocycles. The van der Waals surface area contributed by atoms with E-state index in [1.807, 2.05) is 43.3 Å².